The summed E-state index contributed by atoms with van der Waals surface area (Å²) in [7, 11) is 0. The number of aromatic nitrogens is 2. The lowest BCUT2D eigenvalue weighted by Gasteiger charge is -2.05. The summed E-state index contributed by atoms with van der Waals surface area (Å²) < 4.78 is 14.0. The molecule has 1 N–H and O–H groups in total. The molecule has 0 aliphatic rings. The first-order valence-electron chi connectivity index (χ1n) is 6.08. The van der Waals surface area contributed by atoms with E-state index in [1.165, 1.54) is 18.1 Å². The molecular formula is C14H13FN2O2S. The van der Waals surface area contributed by atoms with E-state index in [4.69, 9.17) is 5.11 Å². The van der Waals surface area contributed by atoms with Crippen molar-refractivity contribution in [2.45, 2.75) is 29.7 Å². The molecule has 0 amide bonds. The molecule has 1 heterocycles. The largest absolute Gasteiger partial charge is 0.481 e. The third-order valence-electron chi connectivity index (χ3n) is 2.66. The van der Waals surface area contributed by atoms with Crippen LogP contribution in [0.4, 0.5) is 4.39 Å². The molecule has 104 valence electrons. The number of benzene rings is 1. The number of carboxylic acid groups (broad SMARTS) is 1. The number of rotatable bonds is 5. The molecule has 0 aliphatic heterocycles. The van der Waals surface area contributed by atoms with Crippen molar-refractivity contribution in [1.82, 2.24) is 9.97 Å². The lowest BCUT2D eigenvalue weighted by Crippen LogP contribution is -1.99. The van der Waals surface area contributed by atoms with Crippen molar-refractivity contribution in [3.05, 3.63) is 47.7 Å². The molecule has 1 aromatic heterocycles. The van der Waals surface area contributed by atoms with Crippen LogP contribution in [-0.2, 0) is 17.6 Å². The zero-order chi connectivity index (χ0) is 14.5. The maximum Gasteiger partial charge on any atom is 0.307 e. The second kappa shape index (κ2) is 6.47. The maximum atomic E-state index is 14.0. The normalized spacial score (nSPS) is 10.5. The van der Waals surface area contributed by atoms with Crippen molar-refractivity contribution in [1.29, 1.82) is 0 Å². The SMILES string of the molecule is CCc1ncnc(Sc2ccc(CC(=O)O)cc2)c1F. The highest BCUT2D eigenvalue weighted by molar-refractivity contribution is 7.99. The van der Waals surface area contributed by atoms with Crippen LogP contribution in [-0.4, -0.2) is 21.0 Å². The summed E-state index contributed by atoms with van der Waals surface area (Å²) in [5.41, 5.74) is 1.10. The van der Waals surface area contributed by atoms with E-state index in [1.54, 1.807) is 24.3 Å². The van der Waals surface area contributed by atoms with Crippen LogP contribution in [0.3, 0.4) is 0 Å². The molecule has 0 unspecified atom stereocenters. The maximum absolute atomic E-state index is 14.0. The predicted octanol–water partition coefficient (Wildman–Crippen LogP) is 2.96. The molecule has 6 heteroatoms. The molecule has 0 radical (unpaired) electrons. The minimum atomic E-state index is -0.875. The van der Waals surface area contributed by atoms with Crippen LogP contribution in [0.15, 0.2) is 40.5 Å². The van der Waals surface area contributed by atoms with Crippen LogP contribution < -0.4 is 0 Å². The van der Waals surface area contributed by atoms with Gasteiger partial charge in [0.15, 0.2) is 5.82 Å². The first-order valence-corrected chi connectivity index (χ1v) is 6.89. The van der Waals surface area contributed by atoms with Gasteiger partial charge in [0.1, 0.15) is 11.4 Å². The smallest absolute Gasteiger partial charge is 0.307 e. The van der Waals surface area contributed by atoms with Gasteiger partial charge in [-0.2, -0.15) is 0 Å². The molecule has 0 aliphatic carbocycles. The van der Waals surface area contributed by atoms with Crippen LogP contribution >= 0.6 is 11.8 Å². The Labute approximate surface area is 120 Å². The average molecular weight is 292 g/mol. The summed E-state index contributed by atoms with van der Waals surface area (Å²) in [4.78, 5) is 19.2. The minimum absolute atomic E-state index is 0.0210. The molecule has 0 bridgehead atoms. The molecular weight excluding hydrogens is 279 g/mol. The van der Waals surface area contributed by atoms with E-state index in [-0.39, 0.29) is 11.4 Å². The van der Waals surface area contributed by atoms with Crippen molar-refractivity contribution >= 4 is 17.7 Å². The van der Waals surface area contributed by atoms with Crippen LogP contribution in [0.5, 0.6) is 0 Å². The minimum Gasteiger partial charge on any atom is -0.481 e. The topological polar surface area (TPSA) is 63.1 Å². The molecule has 0 saturated heterocycles. The van der Waals surface area contributed by atoms with Crippen molar-refractivity contribution in [2.75, 3.05) is 0 Å². The van der Waals surface area contributed by atoms with E-state index in [9.17, 15) is 9.18 Å². The van der Waals surface area contributed by atoms with E-state index in [1.807, 2.05) is 6.92 Å². The number of halogens is 1. The van der Waals surface area contributed by atoms with E-state index in [2.05, 4.69) is 9.97 Å². The molecule has 0 saturated carbocycles. The Morgan fingerprint density at radius 3 is 2.60 bits per heavy atom. The first-order chi connectivity index (χ1) is 9.60. The third-order valence-corrected chi connectivity index (χ3v) is 3.64. The third kappa shape index (κ3) is 3.54. The van der Waals surface area contributed by atoms with Gasteiger partial charge >= 0.3 is 5.97 Å². The number of hydrogen-bond donors (Lipinski definition) is 1. The van der Waals surface area contributed by atoms with Gasteiger partial charge in [0.2, 0.25) is 0 Å². The van der Waals surface area contributed by atoms with Gasteiger partial charge in [-0.1, -0.05) is 30.8 Å². The molecule has 0 atom stereocenters. The van der Waals surface area contributed by atoms with Crippen molar-refractivity contribution in [2.24, 2.45) is 0 Å². The summed E-state index contributed by atoms with van der Waals surface area (Å²) in [6.45, 7) is 1.83. The van der Waals surface area contributed by atoms with Crippen molar-refractivity contribution in [3.8, 4) is 0 Å². The van der Waals surface area contributed by atoms with Gasteiger partial charge in [0.05, 0.1) is 12.1 Å². The number of carboxylic acids is 1. The second-order valence-corrected chi connectivity index (χ2v) is 5.17. The molecule has 1 aromatic carbocycles. The molecule has 0 fully saturated rings. The first kappa shape index (κ1) is 14.5. The molecule has 4 nitrogen and oxygen atoms in total. The highest BCUT2D eigenvalue weighted by Crippen LogP contribution is 2.28. The van der Waals surface area contributed by atoms with E-state index >= 15 is 0 Å². The van der Waals surface area contributed by atoms with Crippen LogP contribution in [0.25, 0.3) is 0 Å². The number of aliphatic carboxylic acids is 1. The fraction of sp³-hybridized carbons (Fsp3) is 0.214. The second-order valence-electron chi connectivity index (χ2n) is 4.11. The van der Waals surface area contributed by atoms with Gasteiger partial charge < -0.3 is 5.11 Å². The van der Waals surface area contributed by atoms with Crippen molar-refractivity contribution in [3.63, 3.8) is 0 Å². The lowest BCUT2D eigenvalue weighted by atomic mass is 10.2. The van der Waals surface area contributed by atoms with Gasteiger partial charge in [-0.3, -0.25) is 4.79 Å². The van der Waals surface area contributed by atoms with Gasteiger partial charge in [0.25, 0.3) is 0 Å². The molecule has 2 rings (SSSR count). The average Bonchev–Trinajstić information content (AvgIpc) is 2.43. The Morgan fingerprint density at radius 2 is 2.00 bits per heavy atom. The Balaban J connectivity index is 2.16. The Hall–Kier alpha value is -1.95. The van der Waals surface area contributed by atoms with E-state index in [0.29, 0.717) is 17.7 Å². The van der Waals surface area contributed by atoms with E-state index in [0.717, 1.165) is 4.90 Å². The van der Waals surface area contributed by atoms with Gasteiger partial charge in [-0.05, 0) is 24.1 Å². The quantitative estimate of drug-likeness (QED) is 0.858. The van der Waals surface area contributed by atoms with Crippen LogP contribution in [0.1, 0.15) is 18.2 Å². The molecule has 0 spiro atoms. The monoisotopic (exact) mass is 292 g/mol. The zero-order valence-electron chi connectivity index (χ0n) is 10.8. The molecule has 2 aromatic rings. The van der Waals surface area contributed by atoms with E-state index < -0.39 is 11.8 Å². The van der Waals surface area contributed by atoms with Crippen LogP contribution in [0, 0.1) is 5.82 Å². The number of hydrogen-bond acceptors (Lipinski definition) is 4. The predicted molar refractivity (Wildman–Crippen MR) is 73.3 cm³/mol. The number of aryl methyl sites for hydroxylation is 1. The summed E-state index contributed by atoms with van der Waals surface area (Å²) >= 11 is 1.20. The summed E-state index contributed by atoms with van der Waals surface area (Å²) in [6, 6.07) is 6.96. The van der Waals surface area contributed by atoms with Gasteiger partial charge in [-0.25, -0.2) is 14.4 Å². The molecule has 20 heavy (non-hydrogen) atoms. The summed E-state index contributed by atoms with van der Waals surface area (Å²) in [5.74, 6) is -1.27. The lowest BCUT2D eigenvalue weighted by molar-refractivity contribution is -0.136. The highest BCUT2D eigenvalue weighted by Gasteiger charge is 2.11. The summed E-state index contributed by atoms with van der Waals surface area (Å²) in [6.07, 6.45) is 1.84. The van der Waals surface area contributed by atoms with Gasteiger partial charge in [0, 0.05) is 4.90 Å². The Morgan fingerprint density at radius 1 is 1.30 bits per heavy atom. The van der Waals surface area contributed by atoms with Crippen LogP contribution in [0.2, 0.25) is 0 Å². The van der Waals surface area contributed by atoms with Gasteiger partial charge in [-0.15, -0.1) is 0 Å². The Bertz CT molecular complexity index is 617. The number of nitrogens with zero attached hydrogens (tertiary/aromatic N) is 2. The fourth-order valence-corrected chi connectivity index (χ4v) is 2.47. The van der Waals surface area contributed by atoms with Crippen molar-refractivity contribution < 1.29 is 14.3 Å². The standard InChI is InChI=1S/C14H13FN2O2S/c1-2-11-13(15)14(17-8-16-11)20-10-5-3-9(4-6-10)7-12(18)19/h3-6,8H,2,7H2,1H3,(H,18,19). The zero-order valence-corrected chi connectivity index (χ0v) is 11.7. The highest BCUT2D eigenvalue weighted by atomic mass is 32.2. The fourth-order valence-electron chi connectivity index (χ4n) is 1.67. The number of carbonyl (C=O) groups is 1. The summed E-state index contributed by atoms with van der Waals surface area (Å²) in [5, 5.41) is 8.97. The Kier molecular flexibility index (Phi) is 4.68.